The van der Waals surface area contributed by atoms with E-state index in [9.17, 15) is 27.8 Å². The molecule has 2 atom stereocenters. The Morgan fingerprint density at radius 2 is 1.86 bits per heavy atom. The number of phenols is 1. The number of phenolic OH excluding ortho intramolecular Hbond substituents is 1. The molecule has 3 aromatic rings. The Morgan fingerprint density at radius 3 is 2.54 bits per heavy atom. The summed E-state index contributed by atoms with van der Waals surface area (Å²) in [5, 5.41) is 25.5. The van der Waals surface area contributed by atoms with Gasteiger partial charge in [-0.1, -0.05) is 36.9 Å². The minimum Gasteiger partial charge on any atom is -0.506 e. The maximum absolute atomic E-state index is 14.7. The van der Waals surface area contributed by atoms with Crippen LogP contribution in [0.5, 0.6) is 5.75 Å². The molecule has 1 spiro atoms. The van der Waals surface area contributed by atoms with Gasteiger partial charge in [-0.25, -0.2) is 14.4 Å². The van der Waals surface area contributed by atoms with Crippen LogP contribution in [-0.4, -0.2) is 32.0 Å². The fourth-order valence-electron chi connectivity index (χ4n) is 5.93. The Bertz CT molecular complexity index is 1300. The highest BCUT2D eigenvalue weighted by molar-refractivity contribution is 6.32. The van der Waals surface area contributed by atoms with Crippen LogP contribution < -0.4 is 5.32 Å². The summed E-state index contributed by atoms with van der Waals surface area (Å²) in [5.74, 6) is -0.597. The van der Waals surface area contributed by atoms with E-state index in [4.69, 9.17) is 11.6 Å². The number of aromatic hydroxyl groups is 1. The predicted octanol–water partition coefficient (Wildman–Crippen LogP) is 6.49. The number of aromatic nitrogens is 2. The molecule has 186 valence electrons. The molecule has 2 aliphatic rings. The van der Waals surface area contributed by atoms with Crippen LogP contribution in [0, 0.1) is 12.7 Å². The van der Waals surface area contributed by atoms with Crippen LogP contribution in [-0.2, 0) is 5.41 Å². The molecule has 2 aromatic carbocycles. The number of anilines is 1. The Hall–Kier alpha value is -2.65. The van der Waals surface area contributed by atoms with Crippen LogP contribution in [0.25, 0.3) is 10.9 Å². The molecular weight excluding hydrogens is 486 g/mol. The first-order valence-corrected chi connectivity index (χ1v) is 11.8. The molecule has 1 heterocycles. The highest BCUT2D eigenvalue weighted by Gasteiger charge is 2.66. The number of benzene rings is 2. The summed E-state index contributed by atoms with van der Waals surface area (Å²) in [7, 11) is 0. The summed E-state index contributed by atoms with van der Waals surface area (Å²) in [6, 6.07) is 3.21. The summed E-state index contributed by atoms with van der Waals surface area (Å²) in [4.78, 5) is 8.28. The van der Waals surface area contributed by atoms with Crippen LogP contribution in [0.2, 0.25) is 5.02 Å². The fraction of sp³-hybridized carbons (Fsp3) is 0.440. The zero-order valence-electron chi connectivity index (χ0n) is 18.9. The van der Waals surface area contributed by atoms with Gasteiger partial charge in [0.25, 0.3) is 0 Å². The van der Waals surface area contributed by atoms with E-state index in [1.54, 1.807) is 6.92 Å². The van der Waals surface area contributed by atoms with Crippen LogP contribution in [0.3, 0.4) is 0 Å². The average Bonchev–Trinajstić information content (AvgIpc) is 2.78. The van der Waals surface area contributed by atoms with E-state index in [1.165, 1.54) is 24.4 Å². The van der Waals surface area contributed by atoms with E-state index in [0.717, 1.165) is 12.5 Å². The van der Waals surface area contributed by atoms with Gasteiger partial charge in [0.2, 0.25) is 0 Å². The lowest BCUT2D eigenvalue weighted by atomic mass is 9.56. The van der Waals surface area contributed by atoms with Gasteiger partial charge >= 0.3 is 6.18 Å². The number of hydrogen-bond acceptors (Lipinski definition) is 5. The molecule has 3 N–H and O–H groups in total. The second-order valence-corrected chi connectivity index (χ2v) is 10.1. The minimum absolute atomic E-state index is 0.00709. The van der Waals surface area contributed by atoms with E-state index in [0.29, 0.717) is 42.5 Å². The number of fused-ring (bicyclic) bond motifs is 3. The monoisotopic (exact) mass is 509 g/mol. The van der Waals surface area contributed by atoms with Crippen LogP contribution >= 0.6 is 11.6 Å². The molecule has 1 aromatic heterocycles. The molecule has 10 heteroatoms. The third-order valence-corrected chi connectivity index (χ3v) is 7.78. The van der Waals surface area contributed by atoms with E-state index >= 15 is 0 Å². The summed E-state index contributed by atoms with van der Waals surface area (Å²) in [6.07, 6.45) is -1.30. The van der Waals surface area contributed by atoms with Gasteiger partial charge in [-0.3, -0.25) is 0 Å². The molecular formula is C25H24ClF4N3O2. The largest absolute Gasteiger partial charge is 0.506 e. The molecule has 0 radical (unpaired) electrons. The number of aliphatic hydroxyl groups is 1. The second-order valence-electron chi connectivity index (χ2n) is 9.68. The zero-order valence-corrected chi connectivity index (χ0v) is 19.6. The fourth-order valence-corrected chi connectivity index (χ4v) is 6.08. The van der Waals surface area contributed by atoms with Gasteiger partial charge < -0.3 is 15.5 Å². The average molecular weight is 510 g/mol. The first kappa shape index (κ1) is 24.1. The van der Waals surface area contributed by atoms with Gasteiger partial charge in [-0.05, 0) is 43.9 Å². The van der Waals surface area contributed by atoms with Crippen LogP contribution in [0.1, 0.15) is 61.5 Å². The normalized spacial score (nSPS) is 23.9. The summed E-state index contributed by atoms with van der Waals surface area (Å²) in [6.45, 7) is 1.62. The lowest BCUT2D eigenvalue weighted by molar-refractivity contribution is -0.277. The Labute approximate surface area is 204 Å². The predicted molar refractivity (Wildman–Crippen MR) is 124 cm³/mol. The summed E-state index contributed by atoms with van der Waals surface area (Å²) >= 11 is 6.21. The van der Waals surface area contributed by atoms with Gasteiger partial charge in [-0.15, -0.1) is 0 Å². The highest BCUT2D eigenvalue weighted by Crippen LogP contribution is 2.61. The molecule has 35 heavy (non-hydrogen) atoms. The van der Waals surface area contributed by atoms with Crippen LogP contribution in [0.15, 0.2) is 30.5 Å². The Kier molecular flexibility index (Phi) is 5.64. The number of aryl methyl sites for hydroxylation is 1. The number of hydrogen-bond donors (Lipinski definition) is 3. The van der Waals surface area contributed by atoms with E-state index < -0.39 is 35.5 Å². The highest BCUT2D eigenvalue weighted by atomic mass is 35.5. The second kappa shape index (κ2) is 8.20. The SMILES string of the molecule is Cc1ncc2c(NC3c4ccc(Cl)c(O)c4C4(CCCCC4)CC3(O)C(F)(F)F)cc(F)cc2n1. The van der Waals surface area contributed by atoms with E-state index in [2.05, 4.69) is 15.3 Å². The molecule has 0 amide bonds. The van der Waals surface area contributed by atoms with Crippen molar-refractivity contribution in [1.29, 1.82) is 0 Å². The topological polar surface area (TPSA) is 78.3 Å². The molecule has 0 bridgehead atoms. The number of nitrogens with zero attached hydrogens (tertiary/aromatic N) is 2. The maximum atomic E-state index is 14.7. The van der Waals surface area contributed by atoms with Gasteiger partial charge in [0, 0.05) is 34.3 Å². The van der Waals surface area contributed by atoms with Gasteiger partial charge in [0.15, 0.2) is 5.60 Å². The quantitative estimate of drug-likeness (QED) is 0.344. The van der Waals surface area contributed by atoms with Crippen molar-refractivity contribution in [3.05, 3.63) is 58.3 Å². The smallest absolute Gasteiger partial charge is 0.419 e. The molecule has 0 aliphatic heterocycles. The van der Waals surface area contributed by atoms with Crippen molar-refractivity contribution < 1.29 is 27.8 Å². The third-order valence-electron chi connectivity index (χ3n) is 7.47. The van der Waals surface area contributed by atoms with Crippen molar-refractivity contribution in [2.75, 3.05) is 5.32 Å². The van der Waals surface area contributed by atoms with Gasteiger partial charge in [-0.2, -0.15) is 13.2 Å². The minimum atomic E-state index is -5.02. The molecule has 2 unspecified atom stereocenters. The lowest BCUT2D eigenvalue weighted by Gasteiger charge is -2.52. The summed E-state index contributed by atoms with van der Waals surface area (Å²) < 4.78 is 58.4. The maximum Gasteiger partial charge on any atom is 0.419 e. The number of alkyl halides is 3. The van der Waals surface area contributed by atoms with Crippen molar-refractivity contribution in [3.8, 4) is 5.75 Å². The molecule has 5 nitrogen and oxygen atoms in total. The van der Waals surface area contributed by atoms with Gasteiger partial charge in [0.05, 0.1) is 16.6 Å². The van der Waals surface area contributed by atoms with Crippen LogP contribution in [0.4, 0.5) is 23.2 Å². The van der Waals surface area contributed by atoms with Crippen molar-refractivity contribution in [2.45, 2.75) is 68.7 Å². The number of nitrogens with one attached hydrogen (secondary N) is 1. The van der Waals surface area contributed by atoms with Crippen molar-refractivity contribution in [3.63, 3.8) is 0 Å². The number of halogens is 5. The van der Waals surface area contributed by atoms with Crippen molar-refractivity contribution in [2.24, 2.45) is 0 Å². The Morgan fingerprint density at radius 1 is 1.14 bits per heavy atom. The zero-order chi connectivity index (χ0) is 25.2. The lowest BCUT2D eigenvalue weighted by Crippen LogP contribution is -2.59. The molecule has 1 fully saturated rings. The number of rotatable bonds is 2. The van der Waals surface area contributed by atoms with Gasteiger partial charge in [0.1, 0.15) is 17.4 Å². The van der Waals surface area contributed by atoms with E-state index in [1.807, 2.05) is 0 Å². The van der Waals surface area contributed by atoms with E-state index in [-0.39, 0.29) is 27.5 Å². The first-order valence-electron chi connectivity index (χ1n) is 11.5. The standard InChI is InChI=1S/C25H24ClF4N3O2/c1-13-31-11-16-18(32-13)9-14(27)10-19(16)33-22-15-5-6-17(26)21(34)20(15)23(7-3-2-4-8-23)12-24(22,35)25(28,29)30/h5-6,9-11,22,33-35H,2-4,7-8,12H2,1H3. The summed E-state index contributed by atoms with van der Waals surface area (Å²) in [5.41, 5.74) is -3.65. The molecule has 1 saturated carbocycles. The first-order chi connectivity index (χ1) is 16.4. The third kappa shape index (κ3) is 3.80. The van der Waals surface area contributed by atoms with Crippen molar-refractivity contribution in [1.82, 2.24) is 9.97 Å². The Balaban J connectivity index is 1.75. The molecule has 5 rings (SSSR count). The molecule has 2 aliphatic carbocycles. The van der Waals surface area contributed by atoms with Crippen molar-refractivity contribution >= 4 is 28.2 Å². The molecule has 0 saturated heterocycles.